The van der Waals surface area contributed by atoms with E-state index in [2.05, 4.69) is 29.5 Å². The van der Waals surface area contributed by atoms with Crippen LogP contribution in [0.15, 0.2) is 31.1 Å². The lowest BCUT2D eigenvalue weighted by atomic mass is 9.65. The summed E-state index contributed by atoms with van der Waals surface area (Å²) >= 11 is 0. The highest BCUT2D eigenvalue weighted by Gasteiger charge is 2.59. The predicted molar refractivity (Wildman–Crippen MR) is 90.5 cm³/mol. The fourth-order valence-electron chi connectivity index (χ4n) is 4.98. The molecular weight excluding hydrogens is 304 g/mol. The van der Waals surface area contributed by atoms with Gasteiger partial charge in [0.1, 0.15) is 6.23 Å². The third-order valence-corrected chi connectivity index (χ3v) is 5.82. The lowest BCUT2D eigenvalue weighted by molar-refractivity contribution is -0.160. The molecule has 0 amide bonds. The van der Waals surface area contributed by atoms with Crippen molar-refractivity contribution in [2.24, 2.45) is 5.92 Å². The summed E-state index contributed by atoms with van der Waals surface area (Å²) in [6.45, 7) is 7.37. The number of aliphatic hydroxyl groups is 1. The number of piperidine rings is 1. The number of ether oxygens (including phenoxy) is 2. The summed E-state index contributed by atoms with van der Waals surface area (Å²) < 4.78 is 12.4. The highest BCUT2D eigenvalue weighted by molar-refractivity contribution is 5.40. The molecule has 5 rings (SSSR count). The van der Waals surface area contributed by atoms with E-state index in [-0.39, 0.29) is 36.9 Å². The van der Waals surface area contributed by atoms with Gasteiger partial charge >= 0.3 is 0 Å². The van der Waals surface area contributed by atoms with Crippen molar-refractivity contribution in [2.45, 2.75) is 50.1 Å². The van der Waals surface area contributed by atoms with Crippen LogP contribution in [-0.4, -0.2) is 53.2 Å². The molecule has 3 aliphatic heterocycles. The number of aromatic nitrogens is 1. The molecular formula is C19H26N2O3. The molecule has 5 heteroatoms. The van der Waals surface area contributed by atoms with Crippen LogP contribution in [-0.2, 0) is 9.47 Å². The molecule has 130 valence electrons. The molecule has 0 radical (unpaired) electrons. The van der Waals surface area contributed by atoms with Gasteiger partial charge < -0.3 is 14.6 Å². The molecule has 1 aliphatic carbocycles. The number of pyridine rings is 1. The SMILES string of the molecule is C=CCCC1C(OCC)C2c3ccncc3C1N1C2OC[C@H]1CO. The Kier molecular flexibility index (Phi) is 4.43. The topological polar surface area (TPSA) is 54.8 Å². The van der Waals surface area contributed by atoms with Crippen molar-refractivity contribution in [2.75, 3.05) is 19.8 Å². The van der Waals surface area contributed by atoms with Gasteiger partial charge in [-0.15, -0.1) is 6.58 Å². The number of fused-ring (bicyclic) bond motifs is 1. The maximum absolute atomic E-state index is 9.83. The molecule has 24 heavy (non-hydrogen) atoms. The zero-order valence-electron chi connectivity index (χ0n) is 14.2. The predicted octanol–water partition coefficient (Wildman–Crippen LogP) is 2.24. The summed E-state index contributed by atoms with van der Waals surface area (Å²) in [4.78, 5) is 6.76. The quantitative estimate of drug-likeness (QED) is 0.811. The first-order valence-electron chi connectivity index (χ1n) is 8.98. The van der Waals surface area contributed by atoms with Gasteiger partial charge in [0.15, 0.2) is 0 Å². The average molecular weight is 330 g/mol. The van der Waals surface area contributed by atoms with Crippen LogP contribution in [0.2, 0.25) is 0 Å². The van der Waals surface area contributed by atoms with Gasteiger partial charge in [-0.1, -0.05) is 6.08 Å². The van der Waals surface area contributed by atoms with E-state index in [0.717, 1.165) is 12.8 Å². The molecule has 2 saturated heterocycles. The molecule has 1 N–H and O–H groups in total. The van der Waals surface area contributed by atoms with Crippen molar-refractivity contribution in [1.82, 2.24) is 9.88 Å². The Morgan fingerprint density at radius 2 is 2.38 bits per heavy atom. The maximum Gasteiger partial charge on any atom is 0.121 e. The van der Waals surface area contributed by atoms with Crippen LogP contribution < -0.4 is 0 Å². The van der Waals surface area contributed by atoms with E-state index in [1.54, 1.807) is 0 Å². The van der Waals surface area contributed by atoms with Crippen LogP contribution >= 0.6 is 0 Å². The zero-order valence-corrected chi connectivity index (χ0v) is 14.2. The second-order valence-electron chi connectivity index (χ2n) is 6.93. The fraction of sp³-hybridized carbons (Fsp3) is 0.632. The van der Waals surface area contributed by atoms with Crippen molar-refractivity contribution in [3.05, 3.63) is 42.2 Å². The summed E-state index contributed by atoms with van der Waals surface area (Å²) in [5.41, 5.74) is 2.59. The van der Waals surface area contributed by atoms with E-state index in [0.29, 0.717) is 19.1 Å². The molecule has 4 heterocycles. The van der Waals surface area contributed by atoms with Crippen molar-refractivity contribution < 1.29 is 14.6 Å². The number of allylic oxidation sites excluding steroid dienone is 1. The molecule has 2 fully saturated rings. The third-order valence-electron chi connectivity index (χ3n) is 5.82. The smallest absolute Gasteiger partial charge is 0.121 e. The largest absolute Gasteiger partial charge is 0.395 e. The Bertz CT molecular complexity index is 608. The first-order chi connectivity index (χ1) is 11.8. The fourth-order valence-corrected chi connectivity index (χ4v) is 4.98. The van der Waals surface area contributed by atoms with Gasteiger partial charge in [-0.3, -0.25) is 9.88 Å². The Morgan fingerprint density at radius 3 is 3.12 bits per heavy atom. The van der Waals surface area contributed by atoms with Crippen molar-refractivity contribution in [3.8, 4) is 0 Å². The number of rotatable bonds is 6. The van der Waals surface area contributed by atoms with Crippen LogP contribution in [0.25, 0.3) is 0 Å². The minimum atomic E-state index is -0.00131. The molecule has 5 unspecified atom stereocenters. The normalized spacial score (nSPS) is 37.2. The van der Waals surface area contributed by atoms with Crippen LogP contribution in [0.3, 0.4) is 0 Å². The van der Waals surface area contributed by atoms with Crippen LogP contribution in [0.4, 0.5) is 0 Å². The maximum atomic E-state index is 9.83. The first-order valence-corrected chi connectivity index (χ1v) is 8.98. The van der Waals surface area contributed by atoms with Gasteiger partial charge in [-0.25, -0.2) is 0 Å². The Morgan fingerprint density at radius 1 is 1.50 bits per heavy atom. The highest BCUT2D eigenvalue weighted by atomic mass is 16.5. The summed E-state index contributed by atoms with van der Waals surface area (Å²) in [6.07, 6.45) is 7.99. The van der Waals surface area contributed by atoms with Crippen molar-refractivity contribution in [3.63, 3.8) is 0 Å². The van der Waals surface area contributed by atoms with E-state index in [1.807, 2.05) is 18.5 Å². The second-order valence-corrected chi connectivity index (χ2v) is 6.93. The molecule has 1 aromatic heterocycles. The average Bonchev–Trinajstić information content (AvgIpc) is 3.05. The van der Waals surface area contributed by atoms with Gasteiger partial charge in [0.05, 0.1) is 31.3 Å². The van der Waals surface area contributed by atoms with E-state index in [1.165, 1.54) is 11.1 Å². The molecule has 5 nitrogen and oxygen atoms in total. The molecule has 0 saturated carbocycles. The van der Waals surface area contributed by atoms with E-state index in [9.17, 15) is 5.11 Å². The van der Waals surface area contributed by atoms with E-state index in [4.69, 9.17) is 9.47 Å². The van der Waals surface area contributed by atoms with Gasteiger partial charge in [-0.2, -0.15) is 0 Å². The second kappa shape index (κ2) is 6.56. The molecule has 0 spiro atoms. The molecule has 4 aliphatic rings. The summed E-state index contributed by atoms with van der Waals surface area (Å²) in [7, 11) is 0. The van der Waals surface area contributed by atoms with Crippen LogP contribution in [0.1, 0.15) is 42.9 Å². The van der Waals surface area contributed by atoms with E-state index >= 15 is 0 Å². The minimum absolute atomic E-state index is 0.00131. The molecule has 1 aromatic rings. The number of hydrogen-bond acceptors (Lipinski definition) is 5. The molecule has 6 atom stereocenters. The van der Waals surface area contributed by atoms with Gasteiger partial charge in [0.2, 0.25) is 0 Å². The lowest BCUT2D eigenvalue weighted by Crippen LogP contribution is -2.60. The van der Waals surface area contributed by atoms with Gasteiger partial charge in [-0.05, 0) is 37.0 Å². The summed E-state index contributed by atoms with van der Waals surface area (Å²) in [6, 6.07) is 2.37. The standard InChI is InChI=1S/C19H26N2O3/c1-3-5-6-14-17-15-9-20-8-7-13(15)16(18(14)23-4-2)19-21(17)12(10-22)11-24-19/h3,7-9,12,14,16-19,22H,1,4-6,10-11H2,2H3/t12-,14?,16?,17?,18?,19?/m1/s1. The Labute approximate surface area is 143 Å². The summed E-state index contributed by atoms with van der Waals surface area (Å²) in [5.74, 6) is 0.552. The third kappa shape index (κ3) is 2.26. The molecule has 2 bridgehead atoms. The lowest BCUT2D eigenvalue weighted by Gasteiger charge is -2.56. The first kappa shape index (κ1) is 16.2. The van der Waals surface area contributed by atoms with Crippen LogP contribution in [0, 0.1) is 5.92 Å². The number of hydrogen-bond donors (Lipinski definition) is 1. The van der Waals surface area contributed by atoms with Gasteiger partial charge in [0.25, 0.3) is 0 Å². The monoisotopic (exact) mass is 330 g/mol. The van der Waals surface area contributed by atoms with Crippen molar-refractivity contribution >= 4 is 0 Å². The van der Waals surface area contributed by atoms with Gasteiger partial charge in [0, 0.05) is 31.0 Å². The molecule has 0 aromatic carbocycles. The summed E-state index contributed by atoms with van der Waals surface area (Å²) in [5, 5.41) is 9.83. The zero-order chi connectivity index (χ0) is 16.7. The number of nitrogens with zero attached hydrogens (tertiary/aromatic N) is 2. The minimum Gasteiger partial charge on any atom is -0.395 e. The van der Waals surface area contributed by atoms with Crippen molar-refractivity contribution in [1.29, 1.82) is 0 Å². The highest BCUT2D eigenvalue weighted by Crippen LogP contribution is 2.57. The van der Waals surface area contributed by atoms with Crippen LogP contribution in [0.5, 0.6) is 0 Å². The Balaban J connectivity index is 1.81. The number of aliphatic hydroxyl groups excluding tert-OH is 1. The Hall–Kier alpha value is -1.27. The van der Waals surface area contributed by atoms with E-state index < -0.39 is 0 Å².